The summed E-state index contributed by atoms with van der Waals surface area (Å²) >= 11 is 4.91. The number of aliphatic carboxylic acids is 1. The fourth-order valence-electron chi connectivity index (χ4n) is 2.88. The lowest BCUT2D eigenvalue weighted by atomic mass is 10.0. The molecule has 0 unspecified atom stereocenters. The molecule has 2 aromatic rings. The second-order valence-corrected chi connectivity index (χ2v) is 10.1. The first-order valence-electron chi connectivity index (χ1n) is 8.39. The number of hydrogen-bond donors (Lipinski definition) is 3. The lowest BCUT2D eigenvalue weighted by molar-refractivity contribution is -0.150. The van der Waals surface area contributed by atoms with Gasteiger partial charge in [-0.2, -0.15) is 0 Å². The Bertz CT molecular complexity index is 1100. The molecule has 1 saturated heterocycles. The van der Waals surface area contributed by atoms with E-state index in [-0.39, 0.29) is 22.2 Å². The van der Waals surface area contributed by atoms with E-state index in [0.29, 0.717) is 15.0 Å². The molecule has 0 aromatic carbocycles. The molecule has 0 spiro atoms. The first-order valence-corrected chi connectivity index (χ1v) is 12.0. The van der Waals surface area contributed by atoms with Gasteiger partial charge in [-0.05, 0) is 0 Å². The Kier molecular flexibility index (Phi) is 6.12. The molecule has 2 amide bonds. The molecule has 4 heterocycles. The highest BCUT2D eigenvalue weighted by Gasteiger charge is 2.54. The number of carbonyl (C=O) groups is 3. The number of aromatic nitrogens is 3. The van der Waals surface area contributed by atoms with Gasteiger partial charge in [0.05, 0.1) is 0 Å². The minimum atomic E-state index is -1.23. The Balaban J connectivity index is 1.53. The van der Waals surface area contributed by atoms with Crippen LogP contribution in [0.4, 0.5) is 5.13 Å². The van der Waals surface area contributed by atoms with Crippen LogP contribution in [-0.2, 0) is 19.2 Å². The zero-order valence-corrected chi connectivity index (χ0v) is 18.8. The number of nitrogens with two attached hydrogens (primary N) is 1. The number of hydrogen-bond acceptors (Lipinski definition) is 13. The molecule has 0 saturated carbocycles. The monoisotopic (exact) mass is 499 g/mol. The number of nitrogens with one attached hydrogen (secondary N) is 1. The molecule has 4 N–H and O–H groups in total. The second-order valence-electron chi connectivity index (χ2n) is 5.94. The van der Waals surface area contributed by atoms with Gasteiger partial charge in [-0.1, -0.05) is 28.3 Å². The minimum Gasteiger partial charge on any atom is -0.477 e. The molecule has 31 heavy (non-hydrogen) atoms. The van der Waals surface area contributed by atoms with E-state index in [1.807, 2.05) is 0 Å². The van der Waals surface area contributed by atoms with E-state index < -0.39 is 29.2 Å². The van der Waals surface area contributed by atoms with Gasteiger partial charge in [0, 0.05) is 16.0 Å². The zero-order chi connectivity index (χ0) is 22.1. The average molecular weight is 500 g/mol. The number of amides is 2. The predicted octanol–water partition coefficient (Wildman–Crippen LogP) is 0.416. The number of carboxylic acids is 1. The summed E-state index contributed by atoms with van der Waals surface area (Å²) in [6.45, 7) is 0. The number of nitrogens with zero attached hydrogens (tertiary/aromatic N) is 5. The number of nitrogen functional groups attached to an aromatic ring is 1. The van der Waals surface area contributed by atoms with E-state index >= 15 is 0 Å². The fraction of sp³-hybridized carbons (Fsp3) is 0.267. The number of β-lactam (4-membered cyclic amide) rings is 1. The zero-order valence-electron chi connectivity index (χ0n) is 15.5. The van der Waals surface area contributed by atoms with Gasteiger partial charge in [-0.25, -0.2) is 9.78 Å². The van der Waals surface area contributed by atoms with Crippen molar-refractivity contribution in [3.8, 4) is 0 Å². The van der Waals surface area contributed by atoms with Crippen LogP contribution in [0.2, 0.25) is 0 Å². The maximum atomic E-state index is 12.8. The second kappa shape index (κ2) is 8.81. The van der Waals surface area contributed by atoms with Crippen molar-refractivity contribution in [2.45, 2.75) is 15.8 Å². The molecular weight excluding hydrogens is 486 g/mol. The molecule has 2 atom stereocenters. The van der Waals surface area contributed by atoms with Crippen molar-refractivity contribution in [3.63, 3.8) is 0 Å². The van der Waals surface area contributed by atoms with Crippen molar-refractivity contribution in [2.75, 3.05) is 18.6 Å². The quantitative estimate of drug-likeness (QED) is 0.274. The normalized spacial score (nSPS) is 20.9. The Morgan fingerprint density at radius 3 is 2.87 bits per heavy atom. The van der Waals surface area contributed by atoms with Crippen molar-refractivity contribution in [1.29, 1.82) is 0 Å². The molecule has 0 radical (unpaired) electrons. The van der Waals surface area contributed by atoms with Gasteiger partial charge in [-0.15, -0.1) is 33.3 Å². The van der Waals surface area contributed by atoms with Crippen LogP contribution in [0.1, 0.15) is 5.69 Å². The van der Waals surface area contributed by atoms with Gasteiger partial charge in [-0.3, -0.25) is 14.5 Å². The van der Waals surface area contributed by atoms with E-state index in [9.17, 15) is 19.5 Å². The highest BCUT2D eigenvalue weighted by Crippen LogP contribution is 2.45. The average Bonchev–Trinajstić information content (AvgIpc) is 3.41. The lowest BCUT2D eigenvalue weighted by Gasteiger charge is -2.49. The van der Waals surface area contributed by atoms with Crippen LogP contribution in [0, 0.1) is 0 Å². The van der Waals surface area contributed by atoms with E-state index in [4.69, 9.17) is 10.6 Å². The lowest BCUT2D eigenvalue weighted by Crippen LogP contribution is -2.71. The maximum absolute atomic E-state index is 12.8. The van der Waals surface area contributed by atoms with Crippen molar-refractivity contribution in [3.05, 3.63) is 27.2 Å². The van der Waals surface area contributed by atoms with Crippen LogP contribution in [0.25, 0.3) is 0 Å². The molecule has 12 nitrogen and oxygen atoms in total. The minimum absolute atomic E-state index is 0.113. The number of anilines is 1. The molecule has 16 heteroatoms. The summed E-state index contributed by atoms with van der Waals surface area (Å²) < 4.78 is 0.577. The van der Waals surface area contributed by atoms with Gasteiger partial charge >= 0.3 is 5.97 Å². The Hall–Kier alpha value is -2.69. The third kappa shape index (κ3) is 4.10. The molecule has 2 aromatic heterocycles. The highest BCUT2D eigenvalue weighted by molar-refractivity contribution is 8.07. The summed E-state index contributed by atoms with van der Waals surface area (Å²) in [7, 11) is 1.28. The molecule has 0 bridgehead atoms. The van der Waals surface area contributed by atoms with Crippen molar-refractivity contribution in [1.82, 2.24) is 25.4 Å². The van der Waals surface area contributed by atoms with Crippen molar-refractivity contribution in [2.24, 2.45) is 5.16 Å². The van der Waals surface area contributed by atoms with E-state index in [2.05, 4.69) is 25.7 Å². The summed E-state index contributed by atoms with van der Waals surface area (Å²) in [6, 6.07) is -0.919. The van der Waals surface area contributed by atoms with Crippen LogP contribution in [0.5, 0.6) is 0 Å². The van der Waals surface area contributed by atoms with E-state index in [1.165, 1.54) is 40.6 Å². The Morgan fingerprint density at radius 1 is 1.45 bits per heavy atom. The highest BCUT2D eigenvalue weighted by atomic mass is 32.2. The summed E-state index contributed by atoms with van der Waals surface area (Å²) in [5, 5.41) is 24.9. The number of rotatable bonds is 7. The van der Waals surface area contributed by atoms with Crippen LogP contribution >= 0.6 is 46.2 Å². The van der Waals surface area contributed by atoms with Gasteiger partial charge in [0.1, 0.15) is 35.4 Å². The smallest absolute Gasteiger partial charge is 0.353 e. The van der Waals surface area contributed by atoms with Crippen LogP contribution in [-0.4, -0.2) is 73.0 Å². The van der Waals surface area contributed by atoms with Gasteiger partial charge in [0.2, 0.25) is 0 Å². The standard InChI is InChI=1S/C15H13N7O5S4/c1-27-21-7(5-2-29-14(16)18-5)10(23)19-8-11(24)22-9(13(25)26)6(3-28-12(8)22)31-15-20-17-4-30-15/h2,4,8,12H,3H2,1H3,(H2,16,18)(H,19,23)(H,25,26)/b21-7-/t8-,12-/m1/s1. The third-order valence-electron chi connectivity index (χ3n) is 4.14. The Labute approximate surface area is 190 Å². The van der Waals surface area contributed by atoms with E-state index in [1.54, 1.807) is 5.38 Å². The first kappa shape index (κ1) is 21.5. The molecular formula is C15H13N7O5S4. The van der Waals surface area contributed by atoms with Gasteiger partial charge < -0.3 is 21.0 Å². The molecule has 0 aliphatic carbocycles. The summed E-state index contributed by atoms with van der Waals surface area (Å²) in [4.78, 5) is 47.8. The molecule has 162 valence electrons. The maximum Gasteiger partial charge on any atom is 0.353 e. The summed E-state index contributed by atoms with van der Waals surface area (Å²) in [5.41, 5.74) is 7.11. The van der Waals surface area contributed by atoms with Crippen molar-refractivity contribution < 1.29 is 24.3 Å². The first-order chi connectivity index (χ1) is 14.9. The number of carbonyl (C=O) groups excluding carboxylic acids is 2. The number of oxime groups is 1. The van der Waals surface area contributed by atoms with Crippen LogP contribution in [0.3, 0.4) is 0 Å². The number of thioether (sulfide) groups is 2. The SMILES string of the molecule is CO/N=C(\C(=O)N[C@@H]1C(=O)N2C(C(=O)O)=C(Sc3nncs3)CS[C@H]12)c1csc(N)n1. The largest absolute Gasteiger partial charge is 0.477 e. The Morgan fingerprint density at radius 2 is 2.26 bits per heavy atom. The van der Waals surface area contributed by atoms with Crippen LogP contribution in [0.15, 0.2) is 31.0 Å². The number of thiazole rings is 1. The van der Waals surface area contributed by atoms with Crippen molar-refractivity contribution >= 4 is 74.8 Å². The molecule has 1 fully saturated rings. The predicted molar refractivity (Wildman–Crippen MR) is 116 cm³/mol. The molecule has 4 rings (SSSR count). The van der Waals surface area contributed by atoms with Gasteiger partial charge in [0.25, 0.3) is 11.8 Å². The third-order valence-corrected chi connectivity index (χ3v) is 8.13. The summed E-state index contributed by atoms with van der Waals surface area (Å²) in [5.74, 6) is -2.10. The fourth-order valence-corrected chi connectivity index (χ4v) is 6.55. The topological polar surface area (TPSA) is 173 Å². The van der Waals surface area contributed by atoms with Crippen LogP contribution < -0.4 is 11.1 Å². The van der Waals surface area contributed by atoms with E-state index in [0.717, 1.165) is 23.1 Å². The molecule has 2 aliphatic rings. The summed E-state index contributed by atoms with van der Waals surface area (Å²) in [6.07, 6.45) is 0. The van der Waals surface area contributed by atoms with Gasteiger partial charge in [0.15, 0.2) is 15.2 Å². The number of fused-ring (bicyclic) bond motifs is 1. The number of carboxylic acid groups (broad SMARTS) is 1. The molecule has 2 aliphatic heterocycles.